The van der Waals surface area contributed by atoms with E-state index in [1.54, 1.807) is 0 Å². The minimum Gasteiger partial charge on any atom is -0.340 e. The summed E-state index contributed by atoms with van der Waals surface area (Å²) in [4.78, 5) is 11.2. The van der Waals surface area contributed by atoms with Gasteiger partial charge in [-0.05, 0) is 30.2 Å². The highest BCUT2D eigenvalue weighted by Gasteiger charge is 2.15. The van der Waals surface area contributed by atoms with Crippen LogP contribution < -0.4 is 0 Å². The molecule has 2 rings (SSSR count). The van der Waals surface area contributed by atoms with E-state index >= 15 is 0 Å². The van der Waals surface area contributed by atoms with Crippen molar-refractivity contribution < 1.29 is 4.79 Å². The molecular weight excluding hydrogens is 198 g/mol. The average Bonchev–Trinajstić information content (AvgIpc) is 2.41. The standard InChI is InChI=1S/C11H10ClNO/c1-7-8-5-3-4-6-9(8)13(2)10(7)11(12)14/h3-6H,1-2H3. The summed E-state index contributed by atoms with van der Waals surface area (Å²) in [5, 5.41) is 0.681. The van der Waals surface area contributed by atoms with Crippen LogP contribution in [0.5, 0.6) is 0 Å². The Morgan fingerprint density at radius 3 is 2.57 bits per heavy atom. The lowest BCUT2D eigenvalue weighted by Crippen LogP contribution is -2.00. The van der Waals surface area contributed by atoms with Gasteiger partial charge < -0.3 is 4.57 Å². The molecule has 0 unspecified atom stereocenters. The molecule has 0 saturated carbocycles. The van der Waals surface area contributed by atoms with Crippen LogP contribution in [-0.4, -0.2) is 9.81 Å². The number of aryl methyl sites for hydroxylation is 2. The van der Waals surface area contributed by atoms with Gasteiger partial charge >= 0.3 is 0 Å². The molecule has 0 bridgehead atoms. The predicted molar refractivity (Wildman–Crippen MR) is 57.8 cm³/mol. The fraction of sp³-hybridized carbons (Fsp3) is 0.182. The van der Waals surface area contributed by atoms with Crippen LogP contribution in [0, 0.1) is 6.92 Å². The average molecular weight is 208 g/mol. The first kappa shape index (κ1) is 9.28. The van der Waals surface area contributed by atoms with Crippen LogP contribution in [-0.2, 0) is 7.05 Å². The van der Waals surface area contributed by atoms with E-state index < -0.39 is 5.24 Å². The van der Waals surface area contributed by atoms with Crippen LogP contribution in [0.2, 0.25) is 0 Å². The van der Waals surface area contributed by atoms with Gasteiger partial charge in [0.05, 0.1) is 0 Å². The van der Waals surface area contributed by atoms with Crippen molar-refractivity contribution in [3.63, 3.8) is 0 Å². The number of nitrogens with zero attached hydrogens (tertiary/aromatic N) is 1. The first-order chi connectivity index (χ1) is 6.63. The molecule has 2 aromatic rings. The van der Waals surface area contributed by atoms with Crippen molar-refractivity contribution in [2.24, 2.45) is 7.05 Å². The maximum absolute atomic E-state index is 11.2. The summed E-state index contributed by atoms with van der Waals surface area (Å²) < 4.78 is 1.83. The molecule has 1 heterocycles. The summed E-state index contributed by atoms with van der Waals surface area (Å²) in [5.41, 5.74) is 2.56. The van der Waals surface area contributed by atoms with E-state index in [-0.39, 0.29) is 0 Å². The van der Waals surface area contributed by atoms with E-state index in [4.69, 9.17) is 11.6 Å². The van der Waals surface area contributed by atoms with Gasteiger partial charge in [0, 0.05) is 18.0 Å². The molecule has 0 N–H and O–H groups in total. The lowest BCUT2D eigenvalue weighted by Gasteiger charge is -1.98. The van der Waals surface area contributed by atoms with Crippen molar-refractivity contribution in [1.29, 1.82) is 0 Å². The minimum absolute atomic E-state index is 0.402. The second kappa shape index (κ2) is 3.14. The highest BCUT2D eigenvalue weighted by molar-refractivity contribution is 6.67. The van der Waals surface area contributed by atoms with Gasteiger partial charge in [0.25, 0.3) is 5.24 Å². The van der Waals surface area contributed by atoms with Crippen molar-refractivity contribution in [2.75, 3.05) is 0 Å². The SMILES string of the molecule is Cc1c(C(=O)Cl)n(C)c2ccccc12. The van der Waals surface area contributed by atoms with E-state index in [1.165, 1.54) is 0 Å². The molecule has 0 aliphatic heterocycles. The first-order valence-electron chi connectivity index (χ1n) is 4.36. The zero-order valence-corrected chi connectivity index (χ0v) is 8.80. The Bertz CT molecular complexity index is 474. The number of hydrogen-bond donors (Lipinski definition) is 0. The molecule has 0 radical (unpaired) electrons. The number of benzene rings is 1. The van der Waals surface area contributed by atoms with Crippen molar-refractivity contribution in [3.05, 3.63) is 35.5 Å². The summed E-state index contributed by atoms with van der Waals surface area (Å²) in [6, 6.07) is 7.88. The third-order valence-corrected chi connectivity index (χ3v) is 2.73. The summed E-state index contributed by atoms with van der Waals surface area (Å²) in [6.07, 6.45) is 0. The Morgan fingerprint density at radius 1 is 1.36 bits per heavy atom. The number of halogens is 1. The Balaban J connectivity index is 2.92. The zero-order valence-electron chi connectivity index (χ0n) is 8.04. The third-order valence-electron chi connectivity index (χ3n) is 2.55. The van der Waals surface area contributed by atoms with Gasteiger partial charge in [0.2, 0.25) is 0 Å². The van der Waals surface area contributed by atoms with Gasteiger partial charge in [0.1, 0.15) is 5.69 Å². The van der Waals surface area contributed by atoms with E-state index in [1.807, 2.05) is 42.8 Å². The Labute approximate surface area is 87.1 Å². The van der Waals surface area contributed by atoms with Gasteiger partial charge in [-0.1, -0.05) is 18.2 Å². The smallest absolute Gasteiger partial charge is 0.269 e. The second-order valence-electron chi connectivity index (χ2n) is 3.32. The molecule has 72 valence electrons. The molecule has 2 nitrogen and oxygen atoms in total. The van der Waals surface area contributed by atoms with Crippen LogP contribution in [0.15, 0.2) is 24.3 Å². The lowest BCUT2D eigenvalue weighted by atomic mass is 10.1. The van der Waals surface area contributed by atoms with Crippen LogP contribution >= 0.6 is 11.6 Å². The predicted octanol–water partition coefficient (Wildman–Crippen LogP) is 2.87. The van der Waals surface area contributed by atoms with Crippen LogP contribution in [0.25, 0.3) is 10.9 Å². The van der Waals surface area contributed by atoms with Gasteiger partial charge in [-0.15, -0.1) is 0 Å². The maximum Gasteiger partial charge on any atom is 0.269 e. The summed E-state index contributed by atoms with van der Waals surface area (Å²) >= 11 is 5.53. The molecule has 0 fully saturated rings. The molecule has 3 heteroatoms. The van der Waals surface area contributed by atoms with Crippen molar-refractivity contribution in [1.82, 2.24) is 4.57 Å². The normalized spacial score (nSPS) is 10.8. The highest BCUT2D eigenvalue weighted by atomic mass is 35.5. The van der Waals surface area contributed by atoms with E-state index in [9.17, 15) is 4.79 Å². The Hall–Kier alpha value is -1.28. The molecule has 0 aliphatic carbocycles. The molecule has 0 saturated heterocycles. The number of carbonyl (C=O) groups is 1. The van der Waals surface area contributed by atoms with Gasteiger partial charge in [0.15, 0.2) is 0 Å². The van der Waals surface area contributed by atoms with Crippen LogP contribution in [0.3, 0.4) is 0 Å². The molecule has 1 aromatic carbocycles. The van der Waals surface area contributed by atoms with Crippen molar-refractivity contribution in [2.45, 2.75) is 6.92 Å². The topological polar surface area (TPSA) is 22.0 Å². The fourth-order valence-electron chi connectivity index (χ4n) is 1.86. The summed E-state index contributed by atoms with van der Waals surface area (Å²) in [5.74, 6) is 0. The zero-order chi connectivity index (χ0) is 10.3. The molecule has 1 aromatic heterocycles. The van der Waals surface area contributed by atoms with E-state index in [0.717, 1.165) is 16.5 Å². The molecule has 0 atom stereocenters. The first-order valence-corrected chi connectivity index (χ1v) is 4.74. The molecule has 14 heavy (non-hydrogen) atoms. The van der Waals surface area contributed by atoms with Crippen LogP contribution in [0.1, 0.15) is 16.1 Å². The number of para-hydroxylation sites is 1. The largest absolute Gasteiger partial charge is 0.340 e. The van der Waals surface area contributed by atoms with Gasteiger partial charge in [-0.25, -0.2) is 0 Å². The minimum atomic E-state index is -0.402. The monoisotopic (exact) mass is 207 g/mol. The number of rotatable bonds is 1. The van der Waals surface area contributed by atoms with Crippen LogP contribution in [0.4, 0.5) is 0 Å². The molecule has 0 aliphatic rings. The quantitative estimate of drug-likeness (QED) is 0.660. The van der Waals surface area contributed by atoms with Crippen molar-refractivity contribution in [3.8, 4) is 0 Å². The van der Waals surface area contributed by atoms with E-state index in [0.29, 0.717) is 5.69 Å². The third kappa shape index (κ3) is 1.15. The fourth-order valence-corrected chi connectivity index (χ4v) is 2.13. The van der Waals surface area contributed by atoms with E-state index in [2.05, 4.69) is 0 Å². The Kier molecular flexibility index (Phi) is 2.08. The number of hydrogen-bond acceptors (Lipinski definition) is 1. The highest BCUT2D eigenvalue weighted by Crippen LogP contribution is 2.25. The Morgan fingerprint density at radius 2 is 2.00 bits per heavy atom. The summed E-state index contributed by atoms with van der Waals surface area (Å²) in [6.45, 7) is 1.91. The van der Waals surface area contributed by atoms with Gasteiger partial charge in [-0.3, -0.25) is 4.79 Å². The second-order valence-corrected chi connectivity index (χ2v) is 3.67. The lowest BCUT2D eigenvalue weighted by molar-refractivity contribution is 0.107. The van der Waals surface area contributed by atoms with Crippen molar-refractivity contribution >= 4 is 27.7 Å². The molecule has 0 amide bonds. The number of aromatic nitrogens is 1. The van der Waals surface area contributed by atoms with Gasteiger partial charge in [-0.2, -0.15) is 0 Å². The number of carbonyl (C=O) groups excluding carboxylic acids is 1. The molecular formula is C11H10ClNO. The number of fused-ring (bicyclic) bond motifs is 1. The molecule has 0 spiro atoms. The summed E-state index contributed by atoms with van der Waals surface area (Å²) in [7, 11) is 1.85. The maximum atomic E-state index is 11.2.